The molecule has 0 saturated heterocycles. The molecule has 7 heteroatoms. The third-order valence-electron chi connectivity index (χ3n) is 2.49. The summed E-state index contributed by atoms with van der Waals surface area (Å²) >= 11 is 0. The Balaban J connectivity index is 2.42. The number of rotatable bonds is 3. The molecule has 0 bridgehead atoms. The van der Waals surface area contributed by atoms with Crippen molar-refractivity contribution in [1.29, 1.82) is 0 Å². The van der Waals surface area contributed by atoms with Crippen molar-refractivity contribution in [3.05, 3.63) is 47.3 Å². The summed E-state index contributed by atoms with van der Waals surface area (Å²) in [5.74, 6) is 3.60. The number of halogens is 2. The van der Waals surface area contributed by atoms with Crippen LogP contribution in [0.25, 0.3) is 0 Å². The summed E-state index contributed by atoms with van der Waals surface area (Å²) in [6.07, 6.45) is 1.51. The molecule has 17 heavy (non-hydrogen) atoms. The predicted octanol–water partition coefficient (Wildman–Crippen LogP) is 0.646. The summed E-state index contributed by atoms with van der Waals surface area (Å²) in [5.41, 5.74) is 3.67. The molecular weight excluding hydrogens is 228 g/mol. The van der Waals surface area contributed by atoms with E-state index in [0.717, 1.165) is 12.1 Å². The molecule has 0 spiro atoms. The Hall–Kier alpha value is -1.86. The lowest BCUT2D eigenvalue weighted by atomic mass is 10.0. The minimum absolute atomic E-state index is 0.495. The van der Waals surface area contributed by atoms with Gasteiger partial charge in [0.1, 0.15) is 0 Å². The van der Waals surface area contributed by atoms with E-state index in [4.69, 9.17) is 5.84 Å². The summed E-state index contributed by atoms with van der Waals surface area (Å²) in [6, 6.07) is 3.10. The summed E-state index contributed by atoms with van der Waals surface area (Å²) in [4.78, 5) is 0. The number of hydrogen-bond donors (Lipinski definition) is 2. The highest BCUT2D eigenvalue weighted by Crippen LogP contribution is 2.21. The second-order valence-corrected chi connectivity index (χ2v) is 3.56. The van der Waals surface area contributed by atoms with Crippen molar-refractivity contribution in [2.45, 2.75) is 6.04 Å². The van der Waals surface area contributed by atoms with Crippen LogP contribution in [-0.4, -0.2) is 15.0 Å². The van der Waals surface area contributed by atoms with Gasteiger partial charge in [0.2, 0.25) is 0 Å². The maximum Gasteiger partial charge on any atom is 0.159 e. The standard InChI is InChI=1S/C10H11F2N5/c1-17-9(5-14-16-17)10(15-13)6-2-3-7(11)8(12)4-6/h2-5,10,15H,13H2,1H3. The van der Waals surface area contributed by atoms with Crippen molar-refractivity contribution >= 4 is 0 Å². The number of benzene rings is 1. The van der Waals surface area contributed by atoms with Gasteiger partial charge in [0.05, 0.1) is 17.9 Å². The maximum atomic E-state index is 13.1. The molecule has 1 unspecified atom stereocenters. The van der Waals surface area contributed by atoms with E-state index in [1.165, 1.54) is 16.9 Å². The molecule has 5 nitrogen and oxygen atoms in total. The summed E-state index contributed by atoms with van der Waals surface area (Å²) in [7, 11) is 1.69. The van der Waals surface area contributed by atoms with Crippen LogP contribution in [0.1, 0.15) is 17.3 Å². The molecule has 1 aromatic heterocycles. The molecule has 0 radical (unpaired) electrons. The molecular formula is C10H11F2N5. The van der Waals surface area contributed by atoms with Crippen molar-refractivity contribution in [3.63, 3.8) is 0 Å². The number of hydrogen-bond acceptors (Lipinski definition) is 4. The van der Waals surface area contributed by atoms with Crippen molar-refractivity contribution < 1.29 is 8.78 Å². The fraction of sp³-hybridized carbons (Fsp3) is 0.200. The normalized spacial score (nSPS) is 12.7. The molecule has 1 atom stereocenters. The molecule has 0 aliphatic rings. The Morgan fingerprint density at radius 3 is 2.65 bits per heavy atom. The molecule has 2 aromatic rings. The quantitative estimate of drug-likeness (QED) is 0.609. The molecule has 0 saturated carbocycles. The Morgan fingerprint density at radius 2 is 2.12 bits per heavy atom. The average Bonchev–Trinajstić information content (AvgIpc) is 2.71. The van der Waals surface area contributed by atoms with Gasteiger partial charge < -0.3 is 0 Å². The lowest BCUT2D eigenvalue weighted by Crippen LogP contribution is -2.30. The van der Waals surface area contributed by atoms with Gasteiger partial charge in [-0.15, -0.1) is 5.10 Å². The van der Waals surface area contributed by atoms with Crippen LogP contribution in [0.15, 0.2) is 24.4 Å². The van der Waals surface area contributed by atoms with Gasteiger partial charge in [-0.05, 0) is 17.7 Å². The lowest BCUT2D eigenvalue weighted by molar-refractivity contribution is 0.501. The van der Waals surface area contributed by atoms with E-state index in [2.05, 4.69) is 15.7 Å². The van der Waals surface area contributed by atoms with Crippen LogP contribution in [0.2, 0.25) is 0 Å². The van der Waals surface area contributed by atoms with E-state index in [0.29, 0.717) is 11.3 Å². The Kier molecular flexibility index (Phi) is 3.12. The van der Waals surface area contributed by atoms with Gasteiger partial charge in [0.15, 0.2) is 11.6 Å². The van der Waals surface area contributed by atoms with Gasteiger partial charge >= 0.3 is 0 Å². The van der Waals surface area contributed by atoms with Crippen LogP contribution < -0.4 is 11.3 Å². The Labute approximate surface area is 96.2 Å². The van der Waals surface area contributed by atoms with Crippen molar-refractivity contribution in [2.24, 2.45) is 12.9 Å². The maximum absolute atomic E-state index is 13.1. The largest absolute Gasteiger partial charge is 0.271 e. The van der Waals surface area contributed by atoms with Crippen LogP contribution in [0, 0.1) is 11.6 Å². The van der Waals surface area contributed by atoms with Gasteiger partial charge in [-0.1, -0.05) is 11.3 Å². The highest BCUT2D eigenvalue weighted by Gasteiger charge is 2.18. The van der Waals surface area contributed by atoms with E-state index < -0.39 is 17.7 Å². The van der Waals surface area contributed by atoms with Crippen LogP contribution in [-0.2, 0) is 7.05 Å². The minimum Gasteiger partial charge on any atom is -0.271 e. The van der Waals surface area contributed by atoms with Crippen molar-refractivity contribution in [1.82, 2.24) is 20.4 Å². The van der Waals surface area contributed by atoms with E-state index in [-0.39, 0.29) is 0 Å². The molecule has 0 aliphatic carbocycles. The topological polar surface area (TPSA) is 68.8 Å². The fourth-order valence-corrected chi connectivity index (χ4v) is 1.60. The van der Waals surface area contributed by atoms with Gasteiger partial charge in [-0.3, -0.25) is 10.5 Å². The van der Waals surface area contributed by atoms with Crippen LogP contribution in [0.4, 0.5) is 8.78 Å². The molecule has 2 rings (SSSR count). The van der Waals surface area contributed by atoms with Crippen LogP contribution in [0.3, 0.4) is 0 Å². The van der Waals surface area contributed by atoms with Gasteiger partial charge in [0.25, 0.3) is 0 Å². The van der Waals surface area contributed by atoms with E-state index in [9.17, 15) is 8.78 Å². The average molecular weight is 239 g/mol. The zero-order valence-electron chi connectivity index (χ0n) is 9.06. The first-order chi connectivity index (χ1) is 8.13. The molecule has 90 valence electrons. The van der Waals surface area contributed by atoms with E-state index in [1.54, 1.807) is 7.05 Å². The number of aromatic nitrogens is 3. The number of aryl methyl sites for hydroxylation is 1. The number of hydrazine groups is 1. The van der Waals surface area contributed by atoms with E-state index >= 15 is 0 Å². The Morgan fingerprint density at radius 1 is 1.35 bits per heavy atom. The molecule has 3 N–H and O–H groups in total. The second kappa shape index (κ2) is 4.56. The van der Waals surface area contributed by atoms with Gasteiger partial charge in [-0.25, -0.2) is 14.2 Å². The number of nitrogens with zero attached hydrogens (tertiary/aromatic N) is 3. The van der Waals surface area contributed by atoms with Gasteiger partial charge in [0, 0.05) is 7.05 Å². The summed E-state index contributed by atoms with van der Waals surface area (Å²) in [5, 5.41) is 7.46. The lowest BCUT2D eigenvalue weighted by Gasteiger charge is -2.15. The second-order valence-electron chi connectivity index (χ2n) is 3.56. The highest BCUT2D eigenvalue weighted by atomic mass is 19.2. The van der Waals surface area contributed by atoms with Crippen LogP contribution in [0.5, 0.6) is 0 Å². The zero-order valence-corrected chi connectivity index (χ0v) is 9.06. The third-order valence-corrected chi connectivity index (χ3v) is 2.49. The first kappa shape index (κ1) is 11.6. The first-order valence-corrected chi connectivity index (χ1v) is 4.89. The minimum atomic E-state index is -0.919. The fourth-order valence-electron chi connectivity index (χ4n) is 1.60. The smallest absolute Gasteiger partial charge is 0.159 e. The highest BCUT2D eigenvalue weighted by molar-refractivity contribution is 5.27. The number of nitrogens with two attached hydrogens (primary N) is 1. The first-order valence-electron chi connectivity index (χ1n) is 4.89. The zero-order chi connectivity index (χ0) is 12.4. The number of nitrogens with one attached hydrogen (secondary N) is 1. The Bertz CT molecular complexity index is 525. The van der Waals surface area contributed by atoms with Crippen molar-refractivity contribution in [3.8, 4) is 0 Å². The molecule has 1 heterocycles. The summed E-state index contributed by atoms with van der Waals surface area (Å²) in [6.45, 7) is 0. The van der Waals surface area contributed by atoms with Crippen molar-refractivity contribution in [2.75, 3.05) is 0 Å². The van der Waals surface area contributed by atoms with Crippen LogP contribution >= 0.6 is 0 Å². The third kappa shape index (κ3) is 2.15. The predicted molar refractivity (Wildman–Crippen MR) is 56.5 cm³/mol. The monoisotopic (exact) mass is 239 g/mol. The van der Waals surface area contributed by atoms with Gasteiger partial charge in [-0.2, -0.15) is 0 Å². The molecule has 1 aromatic carbocycles. The van der Waals surface area contributed by atoms with E-state index in [1.807, 2.05) is 0 Å². The molecule has 0 amide bonds. The molecule has 0 aliphatic heterocycles. The molecule has 0 fully saturated rings. The SMILES string of the molecule is Cn1nncc1C(NN)c1ccc(F)c(F)c1. The summed E-state index contributed by atoms with van der Waals surface area (Å²) < 4.78 is 27.5.